The Kier molecular flexibility index (Phi) is 5.71. The standard InChI is InChI=1S/C20H18ClN3OS/c1-13(14-6-3-2-4-7-14)23-18-10-9-15(12-17(18)21)24-19(25)16-8-5-11-22-20(16)26/h2-13,23H,1H3,(H,22,26)(H,24,25). The molecule has 0 aliphatic carbocycles. The Morgan fingerprint density at radius 1 is 1.12 bits per heavy atom. The van der Waals surface area contributed by atoms with Gasteiger partial charge in [0.1, 0.15) is 4.64 Å². The zero-order valence-electron chi connectivity index (χ0n) is 14.1. The predicted octanol–water partition coefficient (Wildman–Crippen LogP) is 5.82. The third kappa shape index (κ3) is 4.31. The summed E-state index contributed by atoms with van der Waals surface area (Å²) in [4.78, 5) is 15.2. The highest BCUT2D eigenvalue weighted by atomic mass is 35.5. The van der Waals surface area contributed by atoms with Gasteiger partial charge in [0.2, 0.25) is 0 Å². The molecule has 1 heterocycles. The number of nitrogens with one attached hydrogen (secondary N) is 3. The number of aromatic amines is 1. The predicted molar refractivity (Wildman–Crippen MR) is 110 cm³/mol. The first-order chi connectivity index (χ1) is 12.5. The second kappa shape index (κ2) is 8.17. The van der Waals surface area contributed by atoms with E-state index in [-0.39, 0.29) is 11.9 Å². The molecule has 3 aromatic rings. The summed E-state index contributed by atoms with van der Waals surface area (Å²) >= 11 is 11.5. The van der Waals surface area contributed by atoms with E-state index in [0.717, 1.165) is 5.69 Å². The van der Waals surface area contributed by atoms with E-state index < -0.39 is 0 Å². The molecule has 1 unspecified atom stereocenters. The van der Waals surface area contributed by atoms with Crippen LogP contribution in [0.4, 0.5) is 11.4 Å². The van der Waals surface area contributed by atoms with Crippen LogP contribution in [0.3, 0.4) is 0 Å². The Hall–Kier alpha value is -2.63. The first-order valence-corrected chi connectivity index (χ1v) is 8.93. The molecule has 1 amide bonds. The smallest absolute Gasteiger partial charge is 0.258 e. The highest BCUT2D eigenvalue weighted by molar-refractivity contribution is 7.71. The van der Waals surface area contributed by atoms with Crippen LogP contribution in [0.5, 0.6) is 0 Å². The number of carbonyl (C=O) groups is 1. The van der Waals surface area contributed by atoms with E-state index in [2.05, 4.69) is 34.7 Å². The van der Waals surface area contributed by atoms with Crippen LogP contribution in [0.2, 0.25) is 5.02 Å². The number of H-pyrrole nitrogens is 1. The third-order valence-electron chi connectivity index (χ3n) is 3.96. The van der Waals surface area contributed by atoms with Gasteiger partial charge in [-0.15, -0.1) is 0 Å². The van der Waals surface area contributed by atoms with Crippen LogP contribution < -0.4 is 10.6 Å². The molecule has 0 spiro atoms. The van der Waals surface area contributed by atoms with E-state index in [4.69, 9.17) is 23.8 Å². The fourth-order valence-corrected chi connectivity index (χ4v) is 3.03. The second-order valence-corrected chi connectivity index (χ2v) is 6.65. The van der Waals surface area contributed by atoms with Crippen molar-refractivity contribution in [3.8, 4) is 0 Å². The summed E-state index contributed by atoms with van der Waals surface area (Å²) in [7, 11) is 0. The summed E-state index contributed by atoms with van der Waals surface area (Å²) in [6.07, 6.45) is 1.68. The van der Waals surface area contributed by atoms with Gasteiger partial charge < -0.3 is 15.6 Å². The molecule has 1 aromatic heterocycles. The number of halogens is 1. The minimum absolute atomic E-state index is 0.108. The zero-order chi connectivity index (χ0) is 18.5. The monoisotopic (exact) mass is 383 g/mol. The molecule has 0 radical (unpaired) electrons. The van der Waals surface area contributed by atoms with Crippen LogP contribution >= 0.6 is 23.8 Å². The molecule has 0 aliphatic heterocycles. The van der Waals surface area contributed by atoms with Gasteiger partial charge >= 0.3 is 0 Å². The molecule has 6 heteroatoms. The van der Waals surface area contributed by atoms with Crippen LogP contribution in [-0.4, -0.2) is 10.9 Å². The van der Waals surface area contributed by atoms with Crippen LogP contribution in [0.15, 0.2) is 66.9 Å². The summed E-state index contributed by atoms with van der Waals surface area (Å²) < 4.78 is 0.395. The number of pyridine rings is 1. The summed E-state index contributed by atoms with van der Waals surface area (Å²) in [5, 5.41) is 6.73. The molecule has 0 fully saturated rings. The van der Waals surface area contributed by atoms with E-state index in [1.54, 1.807) is 30.5 Å². The highest BCUT2D eigenvalue weighted by Crippen LogP contribution is 2.29. The van der Waals surface area contributed by atoms with E-state index in [1.165, 1.54) is 5.56 Å². The van der Waals surface area contributed by atoms with Crippen molar-refractivity contribution in [3.05, 3.63) is 87.7 Å². The number of benzene rings is 2. The van der Waals surface area contributed by atoms with Gasteiger partial charge in [-0.25, -0.2) is 0 Å². The molecule has 132 valence electrons. The highest BCUT2D eigenvalue weighted by Gasteiger charge is 2.11. The van der Waals surface area contributed by atoms with Crippen molar-refractivity contribution in [1.29, 1.82) is 0 Å². The molecule has 0 saturated carbocycles. The van der Waals surface area contributed by atoms with Gasteiger partial charge in [0.25, 0.3) is 5.91 Å². The van der Waals surface area contributed by atoms with E-state index in [9.17, 15) is 4.79 Å². The Morgan fingerprint density at radius 2 is 1.88 bits per heavy atom. The van der Waals surface area contributed by atoms with E-state index in [0.29, 0.717) is 20.9 Å². The molecular formula is C20H18ClN3OS. The lowest BCUT2D eigenvalue weighted by Crippen LogP contribution is -2.13. The average molecular weight is 384 g/mol. The van der Waals surface area contributed by atoms with Crippen LogP contribution in [0, 0.1) is 4.64 Å². The SMILES string of the molecule is CC(Nc1ccc(NC(=O)c2ccc[nH]c2=S)cc1Cl)c1ccccc1. The maximum absolute atomic E-state index is 12.3. The topological polar surface area (TPSA) is 56.9 Å². The van der Waals surface area contributed by atoms with Gasteiger partial charge in [0.15, 0.2) is 0 Å². The second-order valence-electron chi connectivity index (χ2n) is 5.84. The minimum atomic E-state index is -0.277. The lowest BCUT2D eigenvalue weighted by atomic mass is 10.1. The number of hydrogen-bond donors (Lipinski definition) is 3. The van der Waals surface area contributed by atoms with Crippen molar-refractivity contribution >= 4 is 41.1 Å². The van der Waals surface area contributed by atoms with Crippen LogP contribution in [-0.2, 0) is 0 Å². The van der Waals surface area contributed by atoms with Crippen molar-refractivity contribution in [3.63, 3.8) is 0 Å². The lowest BCUT2D eigenvalue weighted by molar-refractivity contribution is 0.102. The Balaban J connectivity index is 1.72. The number of amides is 1. The van der Waals surface area contributed by atoms with Crippen molar-refractivity contribution in [2.75, 3.05) is 10.6 Å². The normalized spacial score (nSPS) is 11.6. The minimum Gasteiger partial charge on any atom is -0.377 e. The molecule has 4 nitrogen and oxygen atoms in total. The Bertz CT molecular complexity index is 972. The fourth-order valence-electron chi connectivity index (χ4n) is 2.57. The Labute approximate surface area is 162 Å². The molecular weight excluding hydrogens is 366 g/mol. The summed E-state index contributed by atoms with van der Waals surface area (Å²) in [6.45, 7) is 2.07. The number of aromatic nitrogens is 1. The molecule has 3 N–H and O–H groups in total. The maximum Gasteiger partial charge on any atom is 0.258 e. The number of hydrogen-bond acceptors (Lipinski definition) is 3. The van der Waals surface area contributed by atoms with Gasteiger partial charge in [-0.05, 0) is 42.8 Å². The van der Waals surface area contributed by atoms with Crippen molar-refractivity contribution in [1.82, 2.24) is 4.98 Å². The number of anilines is 2. The molecule has 0 bridgehead atoms. The van der Waals surface area contributed by atoms with Crippen molar-refractivity contribution in [2.24, 2.45) is 0 Å². The third-order valence-corrected chi connectivity index (χ3v) is 4.61. The number of carbonyl (C=O) groups excluding carboxylic acids is 1. The fraction of sp³-hybridized carbons (Fsp3) is 0.100. The number of rotatable bonds is 5. The first-order valence-electron chi connectivity index (χ1n) is 8.14. The molecule has 26 heavy (non-hydrogen) atoms. The van der Waals surface area contributed by atoms with Crippen LogP contribution in [0.25, 0.3) is 0 Å². The molecule has 0 aliphatic rings. The molecule has 0 saturated heterocycles. The van der Waals surface area contributed by atoms with E-state index in [1.807, 2.05) is 24.3 Å². The molecule has 1 atom stereocenters. The van der Waals surface area contributed by atoms with Crippen molar-refractivity contribution < 1.29 is 4.79 Å². The molecule has 2 aromatic carbocycles. The van der Waals surface area contributed by atoms with Crippen molar-refractivity contribution in [2.45, 2.75) is 13.0 Å². The van der Waals surface area contributed by atoms with Crippen LogP contribution in [0.1, 0.15) is 28.9 Å². The Morgan fingerprint density at radius 3 is 2.58 bits per heavy atom. The van der Waals surface area contributed by atoms with Gasteiger partial charge in [-0.3, -0.25) is 4.79 Å². The summed E-state index contributed by atoms with van der Waals surface area (Å²) in [6, 6.07) is 19.0. The largest absolute Gasteiger partial charge is 0.377 e. The first kappa shape index (κ1) is 18.2. The zero-order valence-corrected chi connectivity index (χ0v) is 15.7. The lowest BCUT2D eigenvalue weighted by Gasteiger charge is -2.17. The summed E-state index contributed by atoms with van der Waals surface area (Å²) in [5.74, 6) is -0.277. The summed E-state index contributed by atoms with van der Waals surface area (Å²) in [5.41, 5.74) is 2.99. The van der Waals surface area contributed by atoms with E-state index >= 15 is 0 Å². The maximum atomic E-state index is 12.3. The molecule has 3 rings (SSSR count). The average Bonchev–Trinajstić information content (AvgIpc) is 2.65. The van der Waals surface area contributed by atoms with Gasteiger partial charge in [-0.2, -0.15) is 0 Å². The van der Waals surface area contributed by atoms with Gasteiger partial charge in [0, 0.05) is 17.9 Å². The van der Waals surface area contributed by atoms with Gasteiger partial charge in [0.05, 0.1) is 16.3 Å². The quantitative estimate of drug-likeness (QED) is 0.486. The van der Waals surface area contributed by atoms with Gasteiger partial charge in [-0.1, -0.05) is 54.2 Å².